The summed E-state index contributed by atoms with van der Waals surface area (Å²) >= 11 is 1.68. The monoisotopic (exact) mass is 457 g/mol. The number of carbonyl (C=O) groups is 1. The van der Waals surface area contributed by atoms with Crippen molar-refractivity contribution >= 4 is 53.1 Å². The third-order valence-corrected chi connectivity index (χ3v) is 5.44. The lowest BCUT2D eigenvalue weighted by molar-refractivity contribution is 0.0952. The summed E-state index contributed by atoms with van der Waals surface area (Å²) in [6.07, 6.45) is 1.74. The van der Waals surface area contributed by atoms with Crippen molar-refractivity contribution in [1.82, 2.24) is 25.4 Å². The quantitative estimate of drug-likeness (QED) is 0.542. The summed E-state index contributed by atoms with van der Waals surface area (Å²) in [6.45, 7) is 11.8. The van der Waals surface area contributed by atoms with E-state index in [1.165, 1.54) is 4.88 Å². The minimum atomic E-state index is -0.0926. The van der Waals surface area contributed by atoms with E-state index in [0.717, 1.165) is 28.1 Å². The van der Waals surface area contributed by atoms with Crippen LogP contribution in [0.3, 0.4) is 0 Å². The van der Waals surface area contributed by atoms with Crippen LogP contribution >= 0.6 is 36.2 Å². The molecule has 2 N–H and O–H groups in total. The van der Waals surface area contributed by atoms with Crippen molar-refractivity contribution in [3.63, 3.8) is 0 Å². The van der Waals surface area contributed by atoms with Gasteiger partial charge in [-0.25, -0.2) is 9.67 Å². The highest BCUT2D eigenvalue weighted by molar-refractivity contribution is 7.15. The van der Waals surface area contributed by atoms with Crippen LogP contribution in [0.5, 0.6) is 0 Å². The van der Waals surface area contributed by atoms with Gasteiger partial charge in [-0.15, -0.1) is 36.2 Å². The molecule has 0 bridgehead atoms. The van der Waals surface area contributed by atoms with Gasteiger partial charge < -0.3 is 10.6 Å². The summed E-state index contributed by atoms with van der Waals surface area (Å²) in [5.74, 6) is -0.0926. The molecule has 160 valence electrons. The Labute approximate surface area is 188 Å². The standard InChI is InChI=1S/C20H27N5OS.2ClH/c1-6-21-13(4)10-22-20(26)15-9-17(18-8-7-14(5)27-18)24-19-16(15)11-23-25(19)12(2)3;;/h7-9,11-13,21H,6,10H2,1-5H3,(H,22,26);2*1H/t13-;;/m1../s1. The first-order valence-corrected chi connectivity index (χ1v) is 10.2. The first-order chi connectivity index (χ1) is 12.9. The number of aromatic nitrogens is 3. The Hall–Kier alpha value is -1.67. The van der Waals surface area contributed by atoms with E-state index in [-0.39, 0.29) is 42.8 Å². The number of hydrogen-bond acceptors (Lipinski definition) is 5. The fraction of sp³-hybridized carbons (Fsp3) is 0.450. The molecule has 0 saturated carbocycles. The van der Waals surface area contributed by atoms with Crippen molar-refractivity contribution in [3.05, 3.63) is 34.8 Å². The SMILES string of the molecule is CCN[C@H](C)CNC(=O)c1cc(-c2ccc(C)s2)nc2c1cnn2C(C)C.Cl.Cl. The van der Waals surface area contributed by atoms with Crippen molar-refractivity contribution in [2.45, 2.75) is 46.7 Å². The summed E-state index contributed by atoms with van der Waals surface area (Å²) in [4.78, 5) is 20.0. The lowest BCUT2D eigenvalue weighted by atomic mass is 10.1. The number of pyridine rings is 1. The third kappa shape index (κ3) is 5.69. The number of likely N-dealkylation sites (N-methyl/N-ethyl adjacent to an activating group) is 1. The first kappa shape index (κ1) is 25.4. The number of amides is 1. The van der Waals surface area contributed by atoms with Crippen LogP contribution in [0.2, 0.25) is 0 Å². The molecule has 0 aromatic carbocycles. The molecular weight excluding hydrogens is 429 g/mol. The molecule has 0 spiro atoms. The normalized spacial score (nSPS) is 11.8. The number of halogens is 2. The number of rotatable bonds is 7. The molecule has 3 rings (SSSR count). The zero-order chi connectivity index (χ0) is 19.6. The van der Waals surface area contributed by atoms with E-state index in [0.29, 0.717) is 12.1 Å². The average Bonchev–Trinajstić information content (AvgIpc) is 3.25. The highest BCUT2D eigenvalue weighted by Gasteiger charge is 2.19. The van der Waals surface area contributed by atoms with Crippen molar-refractivity contribution in [1.29, 1.82) is 0 Å². The van der Waals surface area contributed by atoms with Gasteiger partial charge in [-0.05, 0) is 52.4 Å². The molecule has 0 aliphatic carbocycles. The number of thiophene rings is 1. The van der Waals surface area contributed by atoms with E-state index in [2.05, 4.69) is 62.5 Å². The van der Waals surface area contributed by atoms with Crippen LogP contribution in [-0.4, -0.2) is 39.8 Å². The maximum Gasteiger partial charge on any atom is 0.252 e. The van der Waals surface area contributed by atoms with E-state index in [9.17, 15) is 4.79 Å². The molecule has 29 heavy (non-hydrogen) atoms. The molecule has 0 fully saturated rings. The molecule has 3 aromatic rings. The van der Waals surface area contributed by atoms with Gasteiger partial charge in [0.25, 0.3) is 5.91 Å². The van der Waals surface area contributed by atoms with Gasteiger partial charge in [-0.3, -0.25) is 4.79 Å². The minimum Gasteiger partial charge on any atom is -0.350 e. The predicted octanol–water partition coefficient (Wildman–Crippen LogP) is 4.62. The van der Waals surface area contributed by atoms with Crippen LogP contribution in [0.4, 0.5) is 0 Å². The largest absolute Gasteiger partial charge is 0.350 e. The van der Waals surface area contributed by atoms with E-state index < -0.39 is 0 Å². The Morgan fingerprint density at radius 1 is 1.24 bits per heavy atom. The van der Waals surface area contributed by atoms with Gasteiger partial charge in [0.2, 0.25) is 0 Å². The molecule has 6 nitrogen and oxygen atoms in total. The Morgan fingerprint density at radius 3 is 2.55 bits per heavy atom. The number of hydrogen-bond donors (Lipinski definition) is 2. The lowest BCUT2D eigenvalue weighted by Crippen LogP contribution is -2.38. The maximum absolute atomic E-state index is 12.9. The summed E-state index contributed by atoms with van der Waals surface area (Å²) in [5, 5.41) is 11.6. The number of carbonyl (C=O) groups excluding carboxylic acids is 1. The molecule has 1 amide bonds. The zero-order valence-corrected chi connectivity index (χ0v) is 19.8. The molecule has 3 heterocycles. The Bertz CT molecular complexity index is 954. The lowest BCUT2D eigenvalue weighted by Gasteiger charge is -2.14. The van der Waals surface area contributed by atoms with Gasteiger partial charge in [0.1, 0.15) is 0 Å². The smallest absolute Gasteiger partial charge is 0.252 e. The van der Waals surface area contributed by atoms with Crippen LogP contribution in [0.1, 0.15) is 49.0 Å². The van der Waals surface area contributed by atoms with Gasteiger partial charge in [-0.2, -0.15) is 5.10 Å². The number of nitrogens with one attached hydrogen (secondary N) is 2. The van der Waals surface area contributed by atoms with Crippen LogP contribution in [0, 0.1) is 6.92 Å². The molecule has 0 aliphatic rings. The minimum absolute atomic E-state index is 0. The number of fused-ring (bicyclic) bond motifs is 1. The van der Waals surface area contributed by atoms with Gasteiger partial charge in [0.15, 0.2) is 5.65 Å². The summed E-state index contributed by atoms with van der Waals surface area (Å²) in [7, 11) is 0. The second-order valence-corrected chi connectivity index (χ2v) is 8.34. The molecule has 3 aromatic heterocycles. The Balaban J connectivity index is 0.00000210. The van der Waals surface area contributed by atoms with Crippen molar-refractivity contribution < 1.29 is 4.79 Å². The second-order valence-electron chi connectivity index (χ2n) is 7.05. The molecular formula is C20H29Cl2N5OS. The highest BCUT2D eigenvalue weighted by Crippen LogP contribution is 2.30. The van der Waals surface area contributed by atoms with Crippen LogP contribution in [-0.2, 0) is 0 Å². The first-order valence-electron chi connectivity index (χ1n) is 9.37. The Morgan fingerprint density at radius 2 is 1.97 bits per heavy atom. The van der Waals surface area contributed by atoms with E-state index >= 15 is 0 Å². The second kappa shape index (κ2) is 10.9. The topological polar surface area (TPSA) is 71.8 Å². The summed E-state index contributed by atoms with van der Waals surface area (Å²) in [6, 6.07) is 6.39. The molecule has 0 aliphatic heterocycles. The van der Waals surface area contributed by atoms with Crippen LogP contribution in [0.25, 0.3) is 21.6 Å². The van der Waals surface area contributed by atoms with E-state index in [1.807, 2.05) is 10.7 Å². The van der Waals surface area contributed by atoms with Crippen LogP contribution in [0.15, 0.2) is 24.4 Å². The molecule has 9 heteroatoms. The number of aryl methyl sites for hydroxylation is 1. The van der Waals surface area contributed by atoms with E-state index in [1.54, 1.807) is 17.5 Å². The van der Waals surface area contributed by atoms with Crippen LogP contribution < -0.4 is 10.6 Å². The van der Waals surface area contributed by atoms with Gasteiger partial charge >= 0.3 is 0 Å². The van der Waals surface area contributed by atoms with Crippen molar-refractivity contribution in [3.8, 4) is 10.6 Å². The average molecular weight is 458 g/mol. The van der Waals surface area contributed by atoms with E-state index in [4.69, 9.17) is 4.98 Å². The van der Waals surface area contributed by atoms with Crippen molar-refractivity contribution in [2.24, 2.45) is 0 Å². The predicted molar refractivity (Wildman–Crippen MR) is 126 cm³/mol. The van der Waals surface area contributed by atoms with Gasteiger partial charge in [-0.1, -0.05) is 6.92 Å². The third-order valence-electron chi connectivity index (χ3n) is 4.41. The fourth-order valence-corrected chi connectivity index (χ4v) is 3.87. The van der Waals surface area contributed by atoms with Gasteiger partial charge in [0.05, 0.1) is 27.7 Å². The summed E-state index contributed by atoms with van der Waals surface area (Å²) < 4.78 is 1.87. The molecule has 1 atom stereocenters. The fourth-order valence-electron chi connectivity index (χ4n) is 3.04. The summed E-state index contributed by atoms with van der Waals surface area (Å²) in [5.41, 5.74) is 2.18. The zero-order valence-electron chi connectivity index (χ0n) is 17.4. The van der Waals surface area contributed by atoms with Gasteiger partial charge in [0, 0.05) is 23.5 Å². The molecule has 0 saturated heterocycles. The Kier molecular flexibility index (Phi) is 9.55. The van der Waals surface area contributed by atoms with Crippen molar-refractivity contribution in [2.75, 3.05) is 13.1 Å². The molecule has 0 radical (unpaired) electrons. The number of nitrogens with zero attached hydrogens (tertiary/aromatic N) is 3. The highest BCUT2D eigenvalue weighted by atomic mass is 35.5. The maximum atomic E-state index is 12.9. The molecule has 0 unspecified atom stereocenters.